The van der Waals surface area contributed by atoms with Crippen molar-refractivity contribution in [3.8, 4) is 5.75 Å². The van der Waals surface area contributed by atoms with Gasteiger partial charge in [0.1, 0.15) is 5.75 Å². The van der Waals surface area contributed by atoms with Crippen LogP contribution in [-0.4, -0.2) is 29.9 Å². The molecule has 5 nitrogen and oxygen atoms in total. The Morgan fingerprint density at radius 2 is 1.96 bits per heavy atom. The number of hydrogen-bond donors (Lipinski definition) is 3. The van der Waals surface area contributed by atoms with Gasteiger partial charge in [0.15, 0.2) is 0 Å². The molecule has 0 aromatic heterocycles. The lowest BCUT2D eigenvalue weighted by molar-refractivity contribution is -0.136. The van der Waals surface area contributed by atoms with Gasteiger partial charge in [0, 0.05) is 11.7 Å². The molecule has 4 aliphatic rings. The van der Waals surface area contributed by atoms with Gasteiger partial charge in [0.25, 0.3) is 0 Å². The van der Waals surface area contributed by atoms with E-state index in [-0.39, 0.29) is 12.1 Å². The first kappa shape index (κ1) is 15.8. The minimum Gasteiger partial charge on any atom is -0.497 e. The molecule has 2 amide bonds. The van der Waals surface area contributed by atoms with Gasteiger partial charge in [-0.2, -0.15) is 0 Å². The van der Waals surface area contributed by atoms with Crippen molar-refractivity contribution in [2.24, 2.45) is 17.8 Å². The molecule has 4 aliphatic carbocycles. The number of carbonyl (C=O) groups excluding carboxylic acids is 1. The van der Waals surface area contributed by atoms with Gasteiger partial charge in [-0.25, -0.2) is 4.79 Å². The summed E-state index contributed by atoms with van der Waals surface area (Å²) >= 11 is 0. The van der Waals surface area contributed by atoms with E-state index in [0.717, 1.165) is 49.1 Å². The van der Waals surface area contributed by atoms with Gasteiger partial charge in [-0.3, -0.25) is 0 Å². The summed E-state index contributed by atoms with van der Waals surface area (Å²) in [5.74, 6) is 2.28. The number of nitrogens with one attached hydrogen (secondary N) is 2. The Morgan fingerprint density at radius 3 is 2.54 bits per heavy atom. The smallest absolute Gasteiger partial charge is 0.319 e. The van der Waals surface area contributed by atoms with Gasteiger partial charge in [0.05, 0.1) is 12.7 Å². The number of aryl methyl sites for hydroxylation is 1. The Hall–Kier alpha value is -1.75. The molecule has 3 unspecified atom stereocenters. The quantitative estimate of drug-likeness (QED) is 0.798. The zero-order valence-corrected chi connectivity index (χ0v) is 14.3. The number of ether oxygens (including phenoxy) is 1. The monoisotopic (exact) mass is 330 g/mol. The first-order valence-electron chi connectivity index (χ1n) is 8.90. The van der Waals surface area contributed by atoms with E-state index in [4.69, 9.17) is 4.74 Å². The number of aliphatic hydroxyl groups is 1. The van der Waals surface area contributed by atoms with E-state index in [0.29, 0.717) is 17.8 Å². The average molecular weight is 330 g/mol. The molecule has 0 heterocycles. The van der Waals surface area contributed by atoms with Gasteiger partial charge < -0.3 is 20.5 Å². The maximum atomic E-state index is 12.5. The molecule has 130 valence electrons. The summed E-state index contributed by atoms with van der Waals surface area (Å²) in [5, 5.41) is 16.8. The molecule has 0 radical (unpaired) electrons. The number of benzene rings is 1. The molecular formula is C19H26N2O3. The van der Waals surface area contributed by atoms with E-state index < -0.39 is 5.60 Å². The Morgan fingerprint density at radius 1 is 1.25 bits per heavy atom. The number of hydrogen-bond acceptors (Lipinski definition) is 3. The number of carbonyl (C=O) groups is 1. The van der Waals surface area contributed by atoms with E-state index in [2.05, 4.69) is 10.6 Å². The second-order valence-corrected chi connectivity index (χ2v) is 8.00. The van der Waals surface area contributed by atoms with Gasteiger partial charge >= 0.3 is 6.03 Å². The number of methoxy groups -OCH3 is 1. The van der Waals surface area contributed by atoms with Gasteiger partial charge in [-0.05, 0) is 80.5 Å². The standard InChI is InChI=1S/C19H26N2O3/c1-11-5-15(24-2)3-4-16(11)20-18(22)21-17-13-6-12-7-14(17)10-19(23,8-12)9-13/h3-5,12-14,17,23H,6-10H2,1-2H3,(H2,20,21,22)/t12?,13-,14+,17?,19?. The summed E-state index contributed by atoms with van der Waals surface area (Å²) in [6.45, 7) is 1.95. The van der Waals surface area contributed by atoms with Crippen LogP contribution in [0.3, 0.4) is 0 Å². The summed E-state index contributed by atoms with van der Waals surface area (Å²) in [5.41, 5.74) is 1.32. The number of amides is 2. The van der Waals surface area contributed by atoms with Crippen LogP contribution in [0.2, 0.25) is 0 Å². The van der Waals surface area contributed by atoms with Crippen molar-refractivity contribution >= 4 is 11.7 Å². The molecule has 5 atom stereocenters. The fourth-order valence-electron chi connectivity index (χ4n) is 5.43. The van der Waals surface area contributed by atoms with E-state index in [1.165, 1.54) is 0 Å². The summed E-state index contributed by atoms with van der Waals surface area (Å²) < 4.78 is 5.20. The van der Waals surface area contributed by atoms with Crippen LogP contribution in [0.15, 0.2) is 18.2 Å². The fraction of sp³-hybridized carbons (Fsp3) is 0.632. The maximum absolute atomic E-state index is 12.5. The van der Waals surface area contributed by atoms with E-state index in [1.807, 2.05) is 25.1 Å². The van der Waals surface area contributed by atoms with Crippen LogP contribution in [0, 0.1) is 24.7 Å². The third-order valence-electron chi connectivity index (χ3n) is 6.22. The van der Waals surface area contributed by atoms with Crippen LogP contribution < -0.4 is 15.4 Å². The van der Waals surface area contributed by atoms with Crippen molar-refractivity contribution in [3.05, 3.63) is 23.8 Å². The predicted octanol–water partition coefficient (Wildman–Crippen LogP) is 3.06. The fourth-order valence-corrected chi connectivity index (χ4v) is 5.43. The molecule has 3 N–H and O–H groups in total. The zero-order valence-electron chi connectivity index (χ0n) is 14.3. The van der Waals surface area contributed by atoms with Crippen LogP contribution in [0.4, 0.5) is 10.5 Å². The van der Waals surface area contributed by atoms with Gasteiger partial charge in [-0.15, -0.1) is 0 Å². The van der Waals surface area contributed by atoms with Crippen molar-refractivity contribution in [1.82, 2.24) is 5.32 Å². The van der Waals surface area contributed by atoms with Gasteiger partial charge in [0.2, 0.25) is 0 Å². The summed E-state index contributed by atoms with van der Waals surface area (Å²) in [6.07, 6.45) is 4.93. The normalized spacial score (nSPS) is 36.5. The van der Waals surface area contributed by atoms with E-state index in [1.54, 1.807) is 7.11 Å². The molecule has 0 aliphatic heterocycles. The molecule has 5 rings (SSSR count). The molecule has 0 saturated heterocycles. The topological polar surface area (TPSA) is 70.6 Å². The highest BCUT2D eigenvalue weighted by molar-refractivity contribution is 5.90. The van der Waals surface area contributed by atoms with Crippen LogP contribution in [0.5, 0.6) is 5.75 Å². The SMILES string of the molecule is COc1ccc(NC(=O)NC2[C@@H]3CC4C[C@H]2CC(O)(C4)C3)c(C)c1. The van der Waals surface area contributed by atoms with Crippen molar-refractivity contribution in [2.75, 3.05) is 12.4 Å². The molecule has 24 heavy (non-hydrogen) atoms. The maximum Gasteiger partial charge on any atom is 0.319 e. The van der Waals surface area contributed by atoms with Crippen LogP contribution in [0.1, 0.15) is 37.7 Å². The van der Waals surface area contributed by atoms with Gasteiger partial charge in [-0.1, -0.05) is 0 Å². The summed E-state index contributed by atoms with van der Waals surface area (Å²) in [4.78, 5) is 12.5. The van der Waals surface area contributed by atoms with Crippen LogP contribution in [0.25, 0.3) is 0 Å². The lowest BCUT2D eigenvalue weighted by Gasteiger charge is -2.58. The Kier molecular flexibility index (Phi) is 3.71. The predicted molar refractivity (Wildman–Crippen MR) is 92.2 cm³/mol. The highest BCUT2D eigenvalue weighted by Gasteiger charge is 2.55. The highest BCUT2D eigenvalue weighted by Crippen LogP contribution is 2.55. The van der Waals surface area contributed by atoms with E-state index in [9.17, 15) is 9.90 Å². The lowest BCUT2D eigenvalue weighted by Crippen LogP contribution is -2.62. The largest absolute Gasteiger partial charge is 0.497 e. The van der Waals surface area contributed by atoms with Crippen LogP contribution in [-0.2, 0) is 0 Å². The molecule has 1 aromatic rings. The van der Waals surface area contributed by atoms with Crippen molar-refractivity contribution in [3.63, 3.8) is 0 Å². The van der Waals surface area contributed by atoms with Crippen molar-refractivity contribution < 1.29 is 14.6 Å². The van der Waals surface area contributed by atoms with E-state index >= 15 is 0 Å². The molecule has 0 spiro atoms. The molecule has 4 saturated carbocycles. The Bertz CT molecular complexity index is 644. The molecule has 5 heteroatoms. The number of anilines is 1. The third-order valence-corrected chi connectivity index (χ3v) is 6.22. The summed E-state index contributed by atoms with van der Waals surface area (Å²) in [6, 6.07) is 5.68. The average Bonchev–Trinajstić information content (AvgIpc) is 2.51. The first-order chi connectivity index (χ1) is 11.5. The van der Waals surface area contributed by atoms with Crippen molar-refractivity contribution in [2.45, 2.75) is 50.7 Å². The Labute approximate surface area is 142 Å². The minimum atomic E-state index is -0.461. The Balaban J connectivity index is 1.42. The number of rotatable bonds is 3. The lowest BCUT2D eigenvalue weighted by atomic mass is 9.52. The third kappa shape index (κ3) is 2.75. The van der Waals surface area contributed by atoms with Crippen molar-refractivity contribution in [1.29, 1.82) is 0 Å². The first-order valence-corrected chi connectivity index (χ1v) is 8.90. The molecular weight excluding hydrogens is 304 g/mol. The molecule has 1 aromatic carbocycles. The summed E-state index contributed by atoms with van der Waals surface area (Å²) in [7, 11) is 1.63. The van der Waals surface area contributed by atoms with Crippen LogP contribution >= 0.6 is 0 Å². The minimum absolute atomic E-state index is 0.146. The number of urea groups is 1. The molecule has 4 fully saturated rings. The zero-order chi connectivity index (χ0) is 16.9. The highest BCUT2D eigenvalue weighted by atomic mass is 16.5. The second-order valence-electron chi connectivity index (χ2n) is 8.00. The molecule has 4 bridgehead atoms. The second kappa shape index (κ2) is 5.66.